The van der Waals surface area contributed by atoms with Crippen molar-refractivity contribution in [3.8, 4) is 17.3 Å². The molecule has 0 aliphatic carbocycles. The summed E-state index contributed by atoms with van der Waals surface area (Å²) >= 11 is 0. The number of amides is 1. The first-order chi connectivity index (χ1) is 22.7. The molecule has 3 saturated heterocycles. The number of piperazine rings is 1. The highest BCUT2D eigenvalue weighted by atomic mass is 19.4. The van der Waals surface area contributed by atoms with Crippen LogP contribution in [-0.2, 0) is 10.9 Å². The molecule has 5 heterocycles. The number of aromatic nitrogens is 3. The molecule has 48 heavy (non-hydrogen) atoms. The largest absolute Gasteiger partial charge is 0.461 e. The third kappa shape index (κ3) is 6.42. The van der Waals surface area contributed by atoms with Crippen molar-refractivity contribution in [1.82, 2.24) is 24.8 Å². The molecule has 3 aliphatic heterocycles. The molecule has 0 bridgehead atoms. The number of rotatable bonds is 6. The first kappa shape index (κ1) is 33.6. The monoisotopic (exact) mass is 673 g/mol. The first-order valence-electron chi connectivity index (χ1n) is 15.9. The lowest BCUT2D eigenvalue weighted by Gasteiger charge is -2.40. The van der Waals surface area contributed by atoms with Gasteiger partial charge < -0.3 is 19.2 Å². The predicted octanol–water partition coefficient (Wildman–Crippen LogP) is 6.34. The van der Waals surface area contributed by atoms with E-state index in [4.69, 9.17) is 16.0 Å². The molecule has 6 rings (SSSR count). The molecule has 3 fully saturated rings. The average Bonchev–Trinajstić information content (AvgIpc) is 3.59. The number of halogens is 5. The number of hydrogen-bond acceptors (Lipinski definition) is 8. The lowest BCUT2D eigenvalue weighted by molar-refractivity contribution is -0.139. The van der Waals surface area contributed by atoms with E-state index in [2.05, 4.69) is 24.7 Å². The van der Waals surface area contributed by atoms with Crippen molar-refractivity contribution in [2.45, 2.75) is 69.8 Å². The van der Waals surface area contributed by atoms with Gasteiger partial charge in [-0.3, -0.25) is 14.8 Å². The van der Waals surface area contributed by atoms with Crippen molar-refractivity contribution in [3.63, 3.8) is 0 Å². The van der Waals surface area contributed by atoms with Gasteiger partial charge >= 0.3 is 18.3 Å². The van der Waals surface area contributed by atoms with Gasteiger partial charge in [-0.1, -0.05) is 12.1 Å². The molecule has 0 N–H and O–H groups in total. The molecule has 3 aromatic rings. The molecule has 1 atom stereocenters. The Morgan fingerprint density at radius 3 is 2.48 bits per heavy atom. The minimum atomic E-state index is -5.12. The SMILES string of the molecule is [C-]#[N+]C[C@H]1CN(c2nc(OCC34CCCN3CCC4)nc3c(F)c(-c4cccc(F)c4C(F)(F)F)ncc23)CCN1C(=O)OC(C)(C)C. The van der Waals surface area contributed by atoms with Crippen LogP contribution in [0.2, 0.25) is 0 Å². The van der Waals surface area contributed by atoms with Crippen LogP contribution in [0, 0.1) is 18.2 Å². The van der Waals surface area contributed by atoms with Gasteiger partial charge in [0.25, 0.3) is 0 Å². The highest BCUT2D eigenvalue weighted by Gasteiger charge is 2.45. The highest BCUT2D eigenvalue weighted by Crippen LogP contribution is 2.42. The minimum Gasteiger partial charge on any atom is -0.461 e. The van der Waals surface area contributed by atoms with Gasteiger partial charge in [0.05, 0.1) is 10.9 Å². The standard InChI is InChI=1S/C33H36F5N7O3/c1-31(2,3)48-30(46)45-15-14-43(18-20(45)16-39-4)28-22-17-40-26(21-8-5-9-23(34)24(21)33(36,37)38)25(35)27(22)41-29(42-28)47-19-32-10-6-12-44(32)13-7-11-32/h5,8-9,17,20H,6-7,10-16,18-19H2,1-3H3/t20-/m0/s1. The molecule has 3 aliphatic rings. The minimum absolute atomic E-state index is 0.0446. The number of pyridine rings is 1. The van der Waals surface area contributed by atoms with Gasteiger partial charge in [0.1, 0.15) is 46.7 Å². The van der Waals surface area contributed by atoms with E-state index in [1.54, 1.807) is 25.7 Å². The molecule has 0 spiro atoms. The van der Waals surface area contributed by atoms with Gasteiger partial charge in [0.15, 0.2) is 5.82 Å². The Morgan fingerprint density at radius 2 is 1.81 bits per heavy atom. The Kier molecular flexibility index (Phi) is 8.82. The number of nitrogens with zero attached hydrogens (tertiary/aromatic N) is 7. The fourth-order valence-electron chi connectivity index (χ4n) is 7.05. The number of hydrogen-bond donors (Lipinski definition) is 0. The van der Waals surface area contributed by atoms with E-state index in [0.717, 1.165) is 57.1 Å². The molecule has 0 radical (unpaired) electrons. The summed E-state index contributed by atoms with van der Waals surface area (Å²) < 4.78 is 84.5. The molecule has 15 heteroatoms. The van der Waals surface area contributed by atoms with E-state index >= 15 is 4.39 Å². The maximum Gasteiger partial charge on any atom is 0.419 e. The zero-order valence-electron chi connectivity index (χ0n) is 26.9. The number of fused-ring (bicyclic) bond motifs is 2. The summed E-state index contributed by atoms with van der Waals surface area (Å²) in [7, 11) is 0. The molecular formula is C33H36F5N7O3. The van der Waals surface area contributed by atoms with E-state index in [-0.39, 0.29) is 61.1 Å². The Labute approximate surface area is 274 Å². The van der Waals surface area contributed by atoms with E-state index in [1.165, 1.54) is 4.90 Å². The third-order valence-electron chi connectivity index (χ3n) is 9.19. The Bertz CT molecular complexity index is 1750. The number of carbonyl (C=O) groups is 1. The van der Waals surface area contributed by atoms with E-state index in [9.17, 15) is 22.4 Å². The Hall–Kier alpha value is -4.32. The summed E-state index contributed by atoms with van der Waals surface area (Å²) in [6.45, 7) is 15.3. The molecule has 256 valence electrons. The summed E-state index contributed by atoms with van der Waals surface area (Å²) in [5.41, 5.74) is -4.43. The molecular weight excluding hydrogens is 637 g/mol. The van der Waals surface area contributed by atoms with Crippen LogP contribution >= 0.6 is 0 Å². The van der Waals surface area contributed by atoms with Crippen molar-refractivity contribution < 1.29 is 36.2 Å². The summed E-state index contributed by atoms with van der Waals surface area (Å²) in [5, 5.41) is 0.0855. The maximum absolute atomic E-state index is 16.4. The predicted molar refractivity (Wildman–Crippen MR) is 166 cm³/mol. The number of anilines is 1. The second-order valence-corrected chi connectivity index (χ2v) is 13.5. The lowest BCUT2D eigenvalue weighted by Crippen LogP contribution is -2.57. The molecule has 0 saturated carbocycles. The lowest BCUT2D eigenvalue weighted by atomic mass is 9.95. The summed E-state index contributed by atoms with van der Waals surface area (Å²) in [6, 6.07) is 1.89. The third-order valence-corrected chi connectivity index (χ3v) is 9.19. The van der Waals surface area contributed by atoms with Crippen LogP contribution in [0.5, 0.6) is 6.01 Å². The van der Waals surface area contributed by atoms with Crippen LogP contribution < -0.4 is 9.64 Å². The van der Waals surface area contributed by atoms with Gasteiger partial charge in [0, 0.05) is 31.4 Å². The van der Waals surface area contributed by atoms with E-state index in [0.29, 0.717) is 6.07 Å². The van der Waals surface area contributed by atoms with Gasteiger partial charge in [-0.2, -0.15) is 23.1 Å². The van der Waals surface area contributed by atoms with Crippen LogP contribution in [0.4, 0.5) is 32.6 Å². The van der Waals surface area contributed by atoms with Crippen molar-refractivity contribution in [3.05, 3.63) is 53.0 Å². The van der Waals surface area contributed by atoms with E-state index < -0.39 is 52.4 Å². The topological polar surface area (TPSA) is 88.3 Å². The Balaban J connectivity index is 1.43. The highest BCUT2D eigenvalue weighted by molar-refractivity contribution is 5.92. The van der Waals surface area contributed by atoms with Crippen molar-refractivity contribution in [1.29, 1.82) is 0 Å². The molecule has 1 amide bonds. The Morgan fingerprint density at radius 1 is 1.08 bits per heavy atom. The van der Waals surface area contributed by atoms with Crippen molar-refractivity contribution in [2.75, 3.05) is 50.8 Å². The van der Waals surface area contributed by atoms with Gasteiger partial charge in [-0.15, -0.1) is 0 Å². The number of ether oxygens (including phenoxy) is 2. The number of carbonyl (C=O) groups excluding carboxylic acids is 1. The fourth-order valence-corrected chi connectivity index (χ4v) is 7.05. The van der Waals surface area contributed by atoms with Crippen LogP contribution in [0.3, 0.4) is 0 Å². The van der Waals surface area contributed by atoms with Gasteiger partial charge in [0.2, 0.25) is 6.54 Å². The number of benzene rings is 1. The normalized spacial score (nSPS) is 19.8. The number of alkyl halides is 3. The fraction of sp³-hybridized carbons (Fsp3) is 0.545. The van der Waals surface area contributed by atoms with Crippen LogP contribution in [0.1, 0.15) is 52.0 Å². The summed E-state index contributed by atoms with van der Waals surface area (Å²) in [4.78, 5) is 35.2. The molecule has 1 aromatic carbocycles. The average molecular weight is 674 g/mol. The zero-order valence-corrected chi connectivity index (χ0v) is 26.9. The summed E-state index contributed by atoms with van der Waals surface area (Å²) in [5.74, 6) is -2.56. The first-order valence-corrected chi connectivity index (χ1v) is 15.9. The van der Waals surface area contributed by atoms with Gasteiger partial charge in [-0.05, 0) is 65.6 Å². The molecule has 10 nitrogen and oxygen atoms in total. The van der Waals surface area contributed by atoms with Crippen LogP contribution in [0.25, 0.3) is 27.0 Å². The van der Waals surface area contributed by atoms with Crippen LogP contribution in [-0.4, -0.2) is 93.9 Å². The van der Waals surface area contributed by atoms with Crippen molar-refractivity contribution >= 4 is 22.8 Å². The van der Waals surface area contributed by atoms with E-state index in [1.807, 2.05) is 0 Å². The zero-order chi connectivity index (χ0) is 34.4. The maximum atomic E-state index is 16.4. The van der Waals surface area contributed by atoms with Crippen LogP contribution in [0.15, 0.2) is 24.4 Å². The smallest absolute Gasteiger partial charge is 0.419 e. The quantitative estimate of drug-likeness (QED) is 0.221. The second kappa shape index (κ2) is 12.6. The molecule has 2 aromatic heterocycles. The summed E-state index contributed by atoms with van der Waals surface area (Å²) in [6.07, 6.45) is -0.671. The van der Waals surface area contributed by atoms with Crippen molar-refractivity contribution in [2.24, 2.45) is 0 Å². The second-order valence-electron chi connectivity index (χ2n) is 13.5. The van der Waals surface area contributed by atoms with Gasteiger partial charge in [-0.25, -0.2) is 20.1 Å². The molecule has 0 unspecified atom stereocenters.